The third-order valence-corrected chi connectivity index (χ3v) is 2.56. The molecule has 0 atom stereocenters. The molecule has 3 nitrogen and oxygen atoms in total. The van der Waals surface area contributed by atoms with E-state index in [0.717, 1.165) is 16.1 Å². The molecule has 0 saturated heterocycles. The maximum absolute atomic E-state index is 5.62. The van der Waals surface area contributed by atoms with Crippen LogP contribution in [0.5, 0.6) is 0 Å². The zero-order valence-corrected chi connectivity index (χ0v) is 8.43. The van der Waals surface area contributed by atoms with Gasteiger partial charge in [-0.15, -0.1) is 0 Å². The van der Waals surface area contributed by atoms with Crippen molar-refractivity contribution in [2.45, 2.75) is 6.92 Å². The smallest absolute Gasteiger partial charge is 0.234 e. The summed E-state index contributed by atoms with van der Waals surface area (Å²) < 4.78 is 3.89. The Morgan fingerprint density at radius 2 is 2.23 bits per heavy atom. The first kappa shape index (κ1) is 8.59. The Morgan fingerprint density at radius 3 is 2.85 bits per heavy atom. The lowest BCUT2D eigenvalue weighted by Crippen LogP contribution is -1.80. The average Bonchev–Trinajstić information content (AvgIpc) is 2.52. The van der Waals surface area contributed by atoms with E-state index in [1.165, 1.54) is 11.5 Å². The first-order valence-electron chi connectivity index (χ1n) is 3.67. The van der Waals surface area contributed by atoms with E-state index in [1.54, 1.807) is 12.4 Å². The standard InChI is InChI=1S/C8H6ClN3S/c1-5-2-6(4-10-3-5)7-11-8(9)12-13-7/h2-4H,1H3. The third-order valence-electron chi connectivity index (χ3n) is 1.52. The highest BCUT2D eigenvalue weighted by Gasteiger charge is 2.04. The van der Waals surface area contributed by atoms with Crippen molar-refractivity contribution in [2.75, 3.05) is 0 Å². The summed E-state index contributed by atoms with van der Waals surface area (Å²) in [5, 5.41) is 1.10. The molecule has 0 aromatic carbocycles. The lowest BCUT2D eigenvalue weighted by molar-refractivity contribution is 1.25. The summed E-state index contributed by atoms with van der Waals surface area (Å²) in [6.07, 6.45) is 3.55. The Hall–Kier alpha value is -1.00. The molecule has 5 heteroatoms. The van der Waals surface area contributed by atoms with Gasteiger partial charge in [-0.05, 0) is 41.7 Å². The fourth-order valence-electron chi connectivity index (χ4n) is 0.995. The maximum atomic E-state index is 5.62. The number of rotatable bonds is 1. The largest absolute Gasteiger partial charge is 0.264 e. The van der Waals surface area contributed by atoms with Crippen molar-refractivity contribution in [1.29, 1.82) is 0 Å². The topological polar surface area (TPSA) is 38.7 Å². The van der Waals surface area contributed by atoms with Gasteiger partial charge in [-0.2, -0.15) is 4.37 Å². The van der Waals surface area contributed by atoms with Crippen LogP contribution in [0.4, 0.5) is 0 Å². The van der Waals surface area contributed by atoms with E-state index < -0.39 is 0 Å². The molecule has 0 amide bonds. The molecule has 0 aliphatic rings. The molecule has 2 heterocycles. The van der Waals surface area contributed by atoms with Gasteiger partial charge < -0.3 is 0 Å². The lowest BCUT2D eigenvalue weighted by Gasteiger charge is -1.94. The van der Waals surface area contributed by atoms with Crippen molar-refractivity contribution in [3.8, 4) is 10.6 Å². The average molecular weight is 212 g/mol. The predicted octanol–water partition coefficient (Wildman–Crippen LogP) is 2.56. The summed E-state index contributed by atoms with van der Waals surface area (Å²) in [5.74, 6) is 0. The van der Waals surface area contributed by atoms with Gasteiger partial charge in [0.25, 0.3) is 0 Å². The molecule has 0 fully saturated rings. The molecule has 0 aliphatic heterocycles. The fourth-order valence-corrected chi connectivity index (χ4v) is 1.78. The van der Waals surface area contributed by atoms with Gasteiger partial charge in [-0.25, -0.2) is 4.98 Å². The number of halogens is 1. The monoisotopic (exact) mass is 211 g/mol. The van der Waals surface area contributed by atoms with Crippen LogP contribution in [0.1, 0.15) is 5.56 Å². The second-order valence-electron chi connectivity index (χ2n) is 2.62. The molecule has 13 heavy (non-hydrogen) atoms. The van der Waals surface area contributed by atoms with Crippen molar-refractivity contribution < 1.29 is 0 Å². The van der Waals surface area contributed by atoms with Crippen molar-refractivity contribution >= 4 is 23.1 Å². The number of pyridine rings is 1. The van der Waals surface area contributed by atoms with Gasteiger partial charge in [-0.1, -0.05) is 0 Å². The van der Waals surface area contributed by atoms with E-state index in [1.807, 2.05) is 13.0 Å². The van der Waals surface area contributed by atoms with Gasteiger partial charge in [0.1, 0.15) is 5.01 Å². The Bertz CT molecular complexity index is 427. The highest BCUT2D eigenvalue weighted by Crippen LogP contribution is 2.22. The molecule has 0 unspecified atom stereocenters. The van der Waals surface area contributed by atoms with Crippen molar-refractivity contribution in [1.82, 2.24) is 14.3 Å². The van der Waals surface area contributed by atoms with Crippen LogP contribution < -0.4 is 0 Å². The Kier molecular flexibility index (Phi) is 2.24. The molecule has 0 N–H and O–H groups in total. The molecule has 66 valence electrons. The van der Waals surface area contributed by atoms with Crippen molar-refractivity contribution in [3.05, 3.63) is 29.3 Å². The Balaban J connectivity index is 2.46. The summed E-state index contributed by atoms with van der Waals surface area (Å²) >= 11 is 6.90. The number of aryl methyl sites for hydroxylation is 1. The first-order valence-corrected chi connectivity index (χ1v) is 4.82. The minimum Gasteiger partial charge on any atom is -0.264 e. The number of nitrogens with zero attached hydrogens (tertiary/aromatic N) is 3. The maximum Gasteiger partial charge on any atom is 0.234 e. The van der Waals surface area contributed by atoms with Crippen LogP contribution in [-0.4, -0.2) is 14.3 Å². The first-order chi connectivity index (χ1) is 6.25. The quantitative estimate of drug-likeness (QED) is 0.728. The number of aromatic nitrogens is 3. The summed E-state index contributed by atoms with van der Waals surface area (Å²) in [6, 6.07) is 2.00. The number of hydrogen-bond donors (Lipinski definition) is 0. The normalized spacial score (nSPS) is 10.3. The highest BCUT2D eigenvalue weighted by molar-refractivity contribution is 7.09. The van der Waals surface area contributed by atoms with Crippen LogP contribution in [-0.2, 0) is 0 Å². The molecular weight excluding hydrogens is 206 g/mol. The van der Waals surface area contributed by atoms with E-state index in [0.29, 0.717) is 5.28 Å². The Morgan fingerprint density at radius 1 is 1.38 bits per heavy atom. The molecule has 2 aromatic heterocycles. The summed E-state index contributed by atoms with van der Waals surface area (Å²) in [4.78, 5) is 8.12. The Labute approximate surface area is 84.6 Å². The molecule has 2 rings (SSSR count). The summed E-state index contributed by atoms with van der Waals surface area (Å²) in [7, 11) is 0. The van der Waals surface area contributed by atoms with Gasteiger partial charge in [0.05, 0.1) is 0 Å². The van der Waals surface area contributed by atoms with E-state index in [-0.39, 0.29) is 0 Å². The fraction of sp³-hybridized carbons (Fsp3) is 0.125. The summed E-state index contributed by atoms with van der Waals surface area (Å²) in [6.45, 7) is 1.99. The second kappa shape index (κ2) is 3.40. The van der Waals surface area contributed by atoms with Crippen molar-refractivity contribution in [3.63, 3.8) is 0 Å². The second-order valence-corrected chi connectivity index (χ2v) is 3.71. The molecule has 0 bridgehead atoms. The molecular formula is C8H6ClN3S. The van der Waals surface area contributed by atoms with Crippen LogP contribution in [0.3, 0.4) is 0 Å². The van der Waals surface area contributed by atoms with Crippen LogP contribution in [0.25, 0.3) is 10.6 Å². The SMILES string of the molecule is Cc1cncc(-c2nc(Cl)ns2)c1. The molecule has 0 aliphatic carbocycles. The van der Waals surface area contributed by atoms with Gasteiger partial charge in [0.2, 0.25) is 5.28 Å². The van der Waals surface area contributed by atoms with Crippen LogP contribution in [0.15, 0.2) is 18.5 Å². The van der Waals surface area contributed by atoms with Crippen LogP contribution >= 0.6 is 23.1 Å². The minimum atomic E-state index is 0.293. The zero-order valence-electron chi connectivity index (χ0n) is 6.86. The van der Waals surface area contributed by atoms with Crippen LogP contribution in [0, 0.1) is 6.92 Å². The zero-order chi connectivity index (χ0) is 9.26. The molecule has 0 saturated carbocycles. The molecule has 2 aromatic rings. The van der Waals surface area contributed by atoms with E-state index in [2.05, 4.69) is 14.3 Å². The molecule has 0 spiro atoms. The summed E-state index contributed by atoms with van der Waals surface area (Å²) in [5.41, 5.74) is 2.06. The third kappa shape index (κ3) is 1.84. The van der Waals surface area contributed by atoms with Gasteiger partial charge in [0.15, 0.2) is 0 Å². The van der Waals surface area contributed by atoms with Crippen LogP contribution in [0.2, 0.25) is 5.28 Å². The van der Waals surface area contributed by atoms with E-state index in [9.17, 15) is 0 Å². The van der Waals surface area contributed by atoms with Gasteiger partial charge >= 0.3 is 0 Å². The minimum absolute atomic E-state index is 0.293. The predicted molar refractivity (Wildman–Crippen MR) is 52.9 cm³/mol. The molecule has 0 radical (unpaired) electrons. The highest BCUT2D eigenvalue weighted by atomic mass is 35.5. The van der Waals surface area contributed by atoms with E-state index in [4.69, 9.17) is 11.6 Å². The van der Waals surface area contributed by atoms with Crippen molar-refractivity contribution in [2.24, 2.45) is 0 Å². The van der Waals surface area contributed by atoms with E-state index >= 15 is 0 Å². The lowest BCUT2D eigenvalue weighted by atomic mass is 10.2. The van der Waals surface area contributed by atoms with Gasteiger partial charge in [0, 0.05) is 18.0 Å². The van der Waals surface area contributed by atoms with Gasteiger partial charge in [-0.3, -0.25) is 4.98 Å². The number of hydrogen-bond acceptors (Lipinski definition) is 4.